The van der Waals surface area contributed by atoms with Crippen molar-refractivity contribution in [2.45, 2.75) is 19.1 Å². The van der Waals surface area contributed by atoms with Crippen LogP contribution in [0.3, 0.4) is 0 Å². The Morgan fingerprint density at radius 3 is 2.40 bits per heavy atom. The third-order valence-corrected chi connectivity index (χ3v) is 4.73. The molecule has 1 N–H and O–H groups in total. The fourth-order valence-electron chi connectivity index (χ4n) is 3.00. The van der Waals surface area contributed by atoms with Crippen LogP contribution in [0.2, 0.25) is 0 Å². The molecule has 1 unspecified atom stereocenters. The van der Waals surface area contributed by atoms with E-state index in [1.54, 1.807) is 25.4 Å². The number of benzene rings is 1. The van der Waals surface area contributed by atoms with Gasteiger partial charge in [0, 0.05) is 34.6 Å². The highest BCUT2D eigenvalue weighted by Gasteiger charge is 2.34. The van der Waals surface area contributed by atoms with Gasteiger partial charge in [-0.1, -0.05) is 15.9 Å². The summed E-state index contributed by atoms with van der Waals surface area (Å²) in [7, 11) is 0. The number of alkyl halides is 3. The number of rotatable bonds is 4. The van der Waals surface area contributed by atoms with Gasteiger partial charge in [0.15, 0.2) is 5.82 Å². The average Bonchev–Trinajstić information content (AvgIpc) is 2.73. The molecule has 1 atom stereocenters. The third-order valence-electron chi connectivity index (χ3n) is 4.28. The molecule has 0 aliphatic rings. The molecule has 11 heteroatoms. The summed E-state index contributed by atoms with van der Waals surface area (Å²) < 4.78 is 40.7. The van der Waals surface area contributed by atoms with Gasteiger partial charge in [0.1, 0.15) is 17.8 Å². The number of nitrogens with zero attached hydrogens (tertiary/aromatic N) is 6. The fourth-order valence-corrected chi connectivity index (χ4v) is 3.45. The van der Waals surface area contributed by atoms with Crippen LogP contribution in [0.25, 0.3) is 22.4 Å². The highest BCUT2D eigenvalue weighted by molar-refractivity contribution is 9.10. The smallest absolute Gasteiger partial charge is 0.361 e. The van der Waals surface area contributed by atoms with E-state index < -0.39 is 17.8 Å². The fraction of sp³-hybridized carbons (Fsp3) is 0.158. The lowest BCUT2D eigenvalue weighted by atomic mass is 10.1. The molecule has 1 aromatic carbocycles. The first-order chi connectivity index (χ1) is 14.3. The van der Waals surface area contributed by atoms with E-state index in [0.29, 0.717) is 17.2 Å². The Hall–Kier alpha value is -3.21. The molecule has 152 valence electrons. The van der Waals surface area contributed by atoms with Crippen molar-refractivity contribution in [2.24, 2.45) is 0 Å². The molecule has 4 aromatic rings. The maximum atomic E-state index is 13.5. The molecular weight excluding hydrogens is 463 g/mol. The van der Waals surface area contributed by atoms with Gasteiger partial charge in [-0.3, -0.25) is 4.98 Å². The molecule has 0 fully saturated rings. The highest BCUT2D eigenvalue weighted by Crippen LogP contribution is 2.38. The zero-order chi connectivity index (χ0) is 21.3. The van der Waals surface area contributed by atoms with Crippen molar-refractivity contribution in [2.75, 3.05) is 5.32 Å². The molecule has 0 bridgehead atoms. The second kappa shape index (κ2) is 7.90. The molecule has 0 amide bonds. The van der Waals surface area contributed by atoms with E-state index in [1.165, 1.54) is 18.5 Å². The summed E-state index contributed by atoms with van der Waals surface area (Å²) in [4.78, 5) is 25.1. The van der Waals surface area contributed by atoms with Crippen LogP contribution in [-0.2, 0) is 6.18 Å². The van der Waals surface area contributed by atoms with Gasteiger partial charge in [0.05, 0.1) is 22.8 Å². The van der Waals surface area contributed by atoms with Crippen LogP contribution >= 0.6 is 15.9 Å². The predicted molar refractivity (Wildman–Crippen MR) is 107 cm³/mol. The Balaban J connectivity index is 1.77. The number of nitrogens with one attached hydrogen (secondary N) is 1. The molecule has 0 spiro atoms. The molecular formula is C19H13BrF3N7. The normalized spacial score (nSPS) is 12.7. The maximum absolute atomic E-state index is 13.5. The number of aromatic nitrogens is 6. The Bertz CT molecular complexity index is 1200. The Kier molecular flexibility index (Phi) is 5.29. The quantitative estimate of drug-likeness (QED) is 0.451. The number of fused-ring (bicyclic) bond motifs is 1. The van der Waals surface area contributed by atoms with Crippen LogP contribution in [0.4, 0.5) is 19.0 Å². The molecule has 30 heavy (non-hydrogen) atoms. The van der Waals surface area contributed by atoms with Crippen LogP contribution in [0.15, 0.2) is 53.8 Å². The molecule has 3 aromatic heterocycles. The van der Waals surface area contributed by atoms with Crippen LogP contribution in [0.1, 0.15) is 24.2 Å². The minimum absolute atomic E-state index is 0.193. The van der Waals surface area contributed by atoms with Crippen LogP contribution < -0.4 is 5.32 Å². The average molecular weight is 476 g/mol. The van der Waals surface area contributed by atoms with Gasteiger partial charge in [-0.05, 0) is 25.1 Å². The molecule has 0 saturated carbocycles. The Morgan fingerprint density at radius 1 is 0.933 bits per heavy atom. The zero-order valence-electron chi connectivity index (χ0n) is 15.4. The summed E-state index contributed by atoms with van der Waals surface area (Å²) in [5, 5.41) is 3.35. The lowest BCUT2D eigenvalue weighted by Gasteiger charge is -2.18. The minimum Gasteiger partial charge on any atom is -0.361 e. The molecule has 0 aliphatic carbocycles. The van der Waals surface area contributed by atoms with E-state index in [9.17, 15) is 13.2 Å². The van der Waals surface area contributed by atoms with Gasteiger partial charge in [0.25, 0.3) is 0 Å². The second-order valence-corrected chi connectivity index (χ2v) is 7.21. The standard InChI is InChI=1S/C19H13BrF3N7/c1-10(14-16(25-6-5-24-14)18-26-3-2-4-27-18)30-17-12-7-11(20)8-13(19(21,22)23)15(12)28-9-29-17/h2-10H,1H3,(H,28,29,30). The molecule has 0 aliphatic heterocycles. The van der Waals surface area contributed by atoms with Crippen molar-refractivity contribution in [3.63, 3.8) is 0 Å². The number of hydrogen-bond acceptors (Lipinski definition) is 7. The van der Waals surface area contributed by atoms with Gasteiger partial charge < -0.3 is 5.32 Å². The molecule has 4 rings (SSSR count). The number of halogens is 4. The Labute approximate surface area is 177 Å². The molecule has 7 nitrogen and oxygen atoms in total. The van der Waals surface area contributed by atoms with E-state index in [2.05, 4.69) is 51.2 Å². The van der Waals surface area contributed by atoms with E-state index in [1.807, 2.05) is 0 Å². The summed E-state index contributed by atoms with van der Waals surface area (Å²) in [6.45, 7) is 1.80. The second-order valence-electron chi connectivity index (χ2n) is 6.30. The Morgan fingerprint density at radius 2 is 1.67 bits per heavy atom. The van der Waals surface area contributed by atoms with Crippen molar-refractivity contribution in [3.05, 3.63) is 65.0 Å². The van der Waals surface area contributed by atoms with Crippen molar-refractivity contribution in [3.8, 4) is 11.5 Å². The van der Waals surface area contributed by atoms with E-state index >= 15 is 0 Å². The van der Waals surface area contributed by atoms with Gasteiger partial charge in [0.2, 0.25) is 0 Å². The van der Waals surface area contributed by atoms with Gasteiger partial charge >= 0.3 is 6.18 Å². The van der Waals surface area contributed by atoms with Crippen molar-refractivity contribution < 1.29 is 13.2 Å². The zero-order valence-corrected chi connectivity index (χ0v) is 17.0. The van der Waals surface area contributed by atoms with Crippen LogP contribution in [0, 0.1) is 0 Å². The largest absolute Gasteiger partial charge is 0.418 e. The van der Waals surface area contributed by atoms with Gasteiger partial charge in [-0.25, -0.2) is 24.9 Å². The summed E-state index contributed by atoms with van der Waals surface area (Å²) in [6.07, 6.45) is 2.77. The summed E-state index contributed by atoms with van der Waals surface area (Å²) in [6, 6.07) is 3.77. The van der Waals surface area contributed by atoms with E-state index in [0.717, 1.165) is 12.4 Å². The van der Waals surface area contributed by atoms with E-state index in [4.69, 9.17) is 0 Å². The van der Waals surface area contributed by atoms with Crippen LogP contribution in [0.5, 0.6) is 0 Å². The van der Waals surface area contributed by atoms with Crippen molar-refractivity contribution in [1.82, 2.24) is 29.9 Å². The first-order valence-corrected chi connectivity index (χ1v) is 9.50. The summed E-state index contributed by atoms with van der Waals surface area (Å²) in [5.74, 6) is 0.633. The number of hydrogen-bond donors (Lipinski definition) is 1. The first-order valence-electron chi connectivity index (χ1n) is 8.71. The van der Waals surface area contributed by atoms with Crippen LogP contribution in [-0.4, -0.2) is 29.9 Å². The minimum atomic E-state index is -4.55. The van der Waals surface area contributed by atoms with E-state index in [-0.39, 0.29) is 21.2 Å². The predicted octanol–water partition coefficient (Wildman–Crippen LogP) is 4.83. The summed E-state index contributed by atoms with van der Waals surface area (Å²) in [5.41, 5.74) is -0.0425. The number of anilines is 1. The third kappa shape index (κ3) is 3.92. The molecule has 0 saturated heterocycles. The topological polar surface area (TPSA) is 89.4 Å². The van der Waals surface area contributed by atoms with Gasteiger partial charge in [-0.15, -0.1) is 0 Å². The van der Waals surface area contributed by atoms with Crippen molar-refractivity contribution in [1.29, 1.82) is 0 Å². The highest BCUT2D eigenvalue weighted by atomic mass is 79.9. The summed E-state index contributed by atoms with van der Waals surface area (Å²) >= 11 is 3.14. The monoisotopic (exact) mass is 475 g/mol. The lowest BCUT2D eigenvalue weighted by molar-refractivity contribution is -0.136. The van der Waals surface area contributed by atoms with Gasteiger partial charge in [-0.2, -0.15) is 13.2 Å². The lowest BCUT2D eigenvalue weighted by Crippen LogP contribution is -2.14. The molecule has 0 radical (unpaired) electrons. The first kappa shape index (κ1) is 20.1. The SMILES string of the molecule is CC(Nc1ncnc2c(C(F)(F)F)cc(Br)cc12)c1nccnc1-c1ncccn1. The maximum Gasteiger partial charge on any atom is 0.418 e. The molecule has 3 heterocycles. The van der Waals surface area contributed by atoms with Crippen molar-refractivity contribution >= 4 is 32.7 Å².